The van der Waals surface area contributed by atoms with Gasteiger partial charge in [-0.05, 0) is 79.9 Å². The molecule has 8 nitrogen and oxygen atoms in total. The van der Waals surface area contributed by atoms with Gasteiger partial charge in [0.25, 0.3) is 5.78 Å². The van der Waals surface area contributed by atoms with Crippen LogP contribution in [0.15, 0.2) is 66.2 Å². The second kappa shape index (κ2) is 10.9. The van der Waals surface area contributed by atoms with Gasteiger partial charge in [0.15, 0.2) is 5.13 Å². The molecule has 1 amide bonds. The number of anilines is 1. The third-order valence-electron chi connectivity index (χ3n) is 7.13. The van der Waals surface area contributed by atoms with Crippen LogP contribution in [0.3, 0.4) is 0 Å². The van der Waals surface area contributed by atoms with Crippen molar-refractivity contribution in [3.8, 4) is 17.2 Å². The molecule has 3 heterocycles. The summed E-state index contributed by atoms with van der Waals surface area (Å²) in [7, 11) is 0. The number of aliphatic hydroxyl groups excluding tert-OH is 1. The number of carbonyl (C=O) groups excluding carboxylic acids is 2. The van der Waals surface area contributed by atoms with Crippen LogP contribution < -0.4 is 19.1 Å². The van der Waals surface area contributed by atoms with Crippen molar-refractivity contribution in [3.05, 3.63) is 82.9 Å². The zero-order chi connectivity index (χ0) is 28.7. The third kappa shape index (κ3) is 4.91. The summed E-state index contributed by atoms with van der Waals surface area (Å²) >= 11 is 1.29. The number of Topliss-reactive ketones (excluding diaryl/α,β-unsaturated/α-hetero) is 1. The highest BCUT2D eigenvalue weighted by molar-refractivity contribution is 7.22. The Hall–Kier alpha value is -4.37. The van der Waals surface area contributed by atoms with Crippen LogP contribution in [-0.2, 0) is 16.0 Å². The van der Waals surface area contributed by atoms with E-state index in [1.165, 1.54) is 16.2 Å². The second-order valence-corrected chi connectivity index (χ2v) is 11.1. The summed E-state index contributed by atoms with van der Waals surface area (Å²) in [5.41, 5.74) is 2.71. The molecule has 41 heavy (non-hydrogen) atoms. The van der Waals surface area contributed by atoms with Crippen molar-refractivity contribution in [2.45, 2.75) is 45.8 Å². The molecule has 210 valence electrons. The van der Waals surface area contributed by atoms with Gasteiger partial charge in [-0.15, -0.1) is 0 Å². The van der Waals surface area contributed by atoms with E-state index in [2.05, 4.69) is 0 Å². The van der Waals surface area contributed by atoms with Crippen molar-refractivity contribution < 1.29 is 28.9 Å². The lowest BCUT2D eigenvalue weighted by Crippen LogP contribution is -2.29. The Labute approximate surface area is 241 Å². The Morgan fingerprint density at radius 1 is 1.07 bits per heavy atom. The molecule has 4 aromatic rings. The Morgan fingerprint density at radius 3 is 2.71 bits per heavy atom. The first-order valence-electron chi connectivity index (χ1n) is 13.7. The van der Waals surface area contributed by atoms with Gasteiger partial charge in [-0.1, -0.05) is 30.4 Å². The van der Waals surface area contributed by atoms with E-state index in [9.17, 15) is 14.7 Å². The van der Waals surface area contributed by atoms with Crippen molar-refractivity contribution in [1.29, 1.82) is 0 Å². The standard InChI is InChI=1S/C32H30N2O6S/c1-4-13-39-22-8-6-7-19(16-22)28-27(29(35)20-9-12-25-21(15-20)14-18(3)40-25)30(36)31(37)34(28)32-33-24-11-10-23(38-5-2)17-26(24)41-32/h6-12,15-18,28,35H,4-5,13-14H2,1-3H3/b29-27+/t18-,28-/m1/s1. The van der Waals surface area contributed by atoms with Crippen LogP contribution in [0.4, 0.5) is 5.13 Å². The molecular weight excluding hydrogens is 540 g/mol. The summed E-state index contributed by atoms with van der Waals surface area (Å²) in [6.07, 6.45) is 1.56. The fourth-order valence-electron chi connectivity index (χ4n) is 5.32. The van der Waals surface area contributed by atoms with E-state index in [-0.39, 0.29) is 17.4 Å². The highest BCUT2D eigenvalue weighted by Gasteiger charge is 2.48. The van der Waals surface area contributed by atoms with Gasteiger partial charge in [-0.2, -0.15) is 0 Å². The summed E-state index contributed by atoms with van der Waals surface area (Å²) in [5, 5.41) is 12.0. The number of ether oxygens (including phenoxy) is 3. The molecule has 3 aromatic carbocycles. The smallest absolute Gasteiger partial charge is 0.301 e. The van der Waals surface area contributed by atoms with Gasteiger partial charge in [0.05, 0.1) is 35.0 Å². The van der Waals surface area contributed by atoms with Crippen molar-refractivity contribution in [1.82, 2.24) is 4.98 Å². The van der Waals surface area contributed by atoms with Crippen molar-refractivity contribution >= 4 is 44.1 Å². The van der Waals surface area contributed by atoms with E-state index in [1.54, 1.807) is 12.1 Å². The lowest BCUT2D eigenvalue weighted by molar-refractivity contribution is -0.132. The quantitative estimate of drug-likeness (QED) is 0.148. The minimum absolute atomic E-state index is 0.00353. The van der Waals surface area contributed by atoms with Crippen LogP contribution in [-0.4, -0.2) is 41.1 Å². The number of fused-ring (bicyclic) bond motifs is 2. The molecule has 6 rings (SSSR count). The lowest BCUT2D eigenvalue weighted by Gasteiger charge is -2.23. The maximum absolute atomic E-state index is 13.7. The minimum Gasteiger partial charge on any atom is -0.507 e. The molecule has 1 aromatic heterocycles. The maximum atomic E-state index is 13.7. The summed E-state index contributed by atoms with van der Waals surface area (Å²) in [6, 6.07) is 17.3. The number of ketones is 1. The normalized spacial score (nSPS) is 19.4. The first kappa shape index (κ1) is 26.8. The average Bonchev–Trinajstić information content (AvgIpc) is 3.63. The van der Waals surface area contributed by atoms with E-state index in [0.29, 0.717) is 52.9 Å². The number of benzene rings is 3. The van der Waals surface area contributed by atoms with Gasteiger partial charge in [0.1, 0.15) is 29.1 Å². The molecule has 2 aliphatic rings. The number of carbonyl (C=O) groups is 2. The predicted molar refractivity (Wildman–Crippen MR) is 158 cm³/mol. The molecule has 0 radical (unpaired) electrons. The van der Waals surface area contributed by atoms with Gasteiger partial charge >= 0.3 is 5.91 Å². The largest absolute Gasteiger partial charge is 0.507 e. The molecule has 1 saturated heterocycles. The van der Waals surface area contributed by atoms with Crippen molar-refractivity contribution in [2.75, 3.05) is 18.1 Å². The van der Waals surface area contributed by atoms with Crippen molar-refractivity contribution in [2.24, 2.45) is 0 Å². The number of hydrogen-bond donors (Lipinski definition) is 1. The predicted octanol–water partition coefficient (Wildman–Crippen LogP) is 6.43. The monoisotopic (exact) mass is 570 g/mol. The number of aliphatic hydroxyl groups is 1. The van der Waals surface area contributed by atoms with Crippen molar-refractivity contribution in [3.63, 3.8) is 0 Å². The van der Waals surface area contributed by atoms with E-state index in [4.69, 9.17) is 19.2 Å². The number of hydrogen-bond acceptors (Lipinski definition) is 8. The zero-order valence-corrected chi connectivity index (χ0v) is 23.9. The average molecular weight is 571 g/mol. The minimum atomic E-state index is -0.907. The van der Waals surface area contributed by atoms with Gasteiger partial charge < -0.3 is 19.3 Å². The highest BCUT2D eigenvalue weighted by Crippen LogP contribution is 2.45. The molecule has 1 N–H and O–H groups in total. The zero-order valence-electron chi connectivity index (χ0n) is 23.0. The summed E-state index contributed by atoms with van der Waals surface area (Å²) < 4.78 is 18.1. The number of thiazole rings is 1. The molecule has 0 aliphatic carbocycles. The van der Waals surface area contributed by atoms with E-state index in [1.807, 2.05) is 69.3 Å². The summed E-state index contributed by atoms with van der Waals surface area (Å²) in [4.78, 5) is 33.5. The summed E-state index contributed by atoms with van der Waals surface area (Å²) in [5.74, 6) is 0.310. The number of amides is 1. The van der Waals surface area contributed by atoms with E-state index in [0.717, 1.165) is 22.4 Å². The molecule has 0 bridgehead atoms. The van der Waals surface area contributed by atoms with E-state index >= 15 is 0 Å². The Balaban J connectivity index is 1.50. The Morgan fingerprint density at radius 2 is 1.90 bits per heavy atom. The SMILES string of the molecule is CCCOc1cccc([C@@H]2/C(=C(\O)c3ccc4c(c3)C[C@@H](C)O4)C(=O)C(=O)N2c2nc3ccc(OCC)cc3s2)c1. The highest BCUT2D eigenvalue weighted by atomic mass is 32.1. The Bertz CT molecular complexity index is 1690. The molecule has 2 aliphatic heterocycles. The number of rotatable bonds is 8. The van der Waals surface area contributed by atoms with Crippen LogP contribution >= 0.6 is 11.3 Å². The molecule has 0 unspecified atom stereocenters. The fraction of sp³-hybridized carbons (Fsp3) is 0.281. The van der Waals surface area contributed by atoms with Crippen LogP contribution in [0.2, 0.25) is 0 Å². The van der Waals surface area contributed by atoms with Crippen LogP contribution in [0.5, 0.6) is 17.2 Å². The lowest BCUT2D eigenvalue weighted by atomic mass is 9.94. The number of nitrogens with zero attached hydrogens (tertiary/aromatic N) is 2. The molecule has 2 atom stereocenters. The number of aromatic nitrogens is 1. The molecule has 0 spiro atoms. The van der Waals surface area contributed by atoms with Crippen LogP contribution in [0, 0.1) is 0 Å². The first-order chi connectivity index (χ1) is 19.9. The third-order valence-corrected chi connectivity index (χ3v) is 8.14. The van der Waals surface area contributed by atoms with E-state index < -0.39 is 17.7 Å². The fourth-order valence-corrected chi connectivity index (χ4v) is 6.34. The molecule has 0 saturated carbocycles. The van der Waals surface area contributed by atoms with Gasteiger partial charge in [-0.25, -0.2) is 4.98 Å². The Kier molecular flexibility index (Phi) is 7.13. The van der Waals surface area contributed by atoms with Gasteiger partial charge in [0.2, 0.25) is 0 Å². The molecule has 1 fully saturated rings. The van der Waals surface area contributed by atoms with Crippen LogP contribution in [0.1, 0.15) is 49.9 Å². The van der Waals surface area contributed by atoms with Gasteiger partial charge in [-0.3, -0.25) is 14.5 Å². The van der Waals surface area contributed by atoms with Crippen LogP contribution in [0.25, 0.3) is 16.0 Å². The first-order valence-corrected chi connectivity index (χ1v) is 14.6. The molecule has 9 heteroatoms. The maximum Gasteiger partial charge on any atom is 0.301 e. The molecular formula is C32H30N2O6S. The second-order valence-electron chi connectivity index (χ2n) is 10.1. The van der Waals surface area contributed by atoms with Gasteiger partial charge in [0, 0.05) is 12.0 Å². The summed E-state index contributed by atoms with van der Waals surface area (Å²) in [6.45, 7) is 6.96. The topological polar surface area (TPSA) is 98.2 Å².